The van der Waals surface area contributed by atoms with Crippen LogP contribution in [0.25, 0.3) is 0 Å². The van der Waals surface area contributed by atoms with E-state index in [0.29, 0.717) is 6.61 Å². The number of rotatable bonds is 8. The average Bonchev–Trinajstić information content (AvgIpc) is 2.77. The number of aliphatic hydroxyl groups excluding tert-OH is 2. The Bertz CT molecular complexity index is 867. The molecule has 2 aromatic rings. The second kappa shape index (κ2) is 10.7. The van der Waals surface area contributed by atoms with Crippen molar-refractivity contribution in [2.45, 2.75) is 65.0 Å². The third kappa shape index (κ3) is 5.71. The van der Waals surface area contributed by atoms with Crippen molar-refractivity contribution >= 4 is 0 Å². The topological polar surface area (TPSA) is 77.4 Å². The van der Waals surface area contributed by atoms with Gasteiger partial charge in [-0.2, -0.15) is 0 Å². The van der Waals surface area contributed by atoms with Gasteiger partial charge in [0, 0.05) is 12.7 Å². The van der Waals surface area contributed by atoms with Gasteiger partial charge >= 0.3 is 0 Å². The Morgan fingerprint density at radius 3 is 2.29 bits per heavy atom. The first-order valence-corrected chi connectivity index (χ1v) is 10.7. The summed E-state index contributed by atoms with van der Waals surface area (Å²) >= 11 is 0. The Morgan fingerprint density at radius 2 is 1.68 bits per heavy atom. The Balaban J connectivity index is 1.80. The summed E-state index contributed by atoms with van der Waals surface area (Å²) in [7, 11) is 1.58. The molecule has 5 atom stereocenters. The van der Waals surface area contributed by atoms with Gasteiger partial charge in [-0.05, 0) is 55.5 Å². The van der Waals surface area contributed by atoms with Crippen LogP contribution < -0.4 is 0 Å². The monoisotopic (exact) mass is 430 g/mol. The Hall–Kier alpha value is -1.80. The molecule has 0 spiro atoms. The summed E-state index contributed by atoms with van der Waals surface area (Å²) in [5, 5.41) is 20.2. The molecule has 0 radical (unpaired) electrons. The van der Waals surface area contributed by atoms with Crippen LogP contribution in [0.1, 0.15) is 39.7 Å². The zero-order chi connectivity index (χ0) is 22.5. The maximum Gasteiger partial charge on any atom is 0.184 e. The zero-order valence-electron chi connectivity index (χ0n) is 19.0. The van der Waals surface area contributed by atoms with Gasteiger partial charge in [-0.25, -0.2) is 0 Å². The fourth-order valence-corrected chi connectivity index (χ4v) is 3.74. The summed E-state index contributed by atoms with van der Waals surface area (Å²) in [5.74, 6) is 0. The fraction of sp³-hybridized carbons (Fsp3) is 0.520. The molecule has 0 amide bonds. The summed E-state index contributed by atoms with van der Waals surface area (Å²) in [6.07, 6.45) is -3.55. The number of aryl methyl sites for hydroxylation is 4. The highest BCUT2D eigenvalue weighted by Crippen LogP contribution is 2.32. The third-order valence-electron chi connectivity index (χ3n) is 6.07. The lowest BCUT2D eigenvalue weighted by Crippen LogP contribution is -2.54. The van der Waals surface area contributed by atoms with Gasteiger partial charge in [0.2, 0.25) is 0 Å². The molecule has 6 heteroatoms. The summed E-state index contributed by atoms with van der Waals surface area (Å²) in [6.45, 7) is 8.35. The van der Waals surface area contributed by atoms with Gasteiger partial charge in [0.25, 0.3) is 0 Å². The van der Waals surface area contributed by atoms with E-state index in [1.54, 1.807) is 7.11 Å². The molecule has 2 aromatic carbocycles. The lowest BCUT2D eigenvalue weighted by atomic mass is 10.0. The van der Waals surface area contributed by atoms with Crippen molar-refractivity contribution in [3.8, 4) is 0 Å². The van der Waals surface area contributed by atoms with Crippen molar-refractivity contribution in [3.63, 3.8) is 0 Å². The Labute approximate surface area is 184 Å². The van der Waals surface area contributed by atoms with Crippen LogP contribution in [0.3, 0.4) is 0 Å². The van der Waals surface area contributed by atoms with Crippen molar-refractivity contribution in [1.29, 1.82) is 0 Å². The largest absolute Gasteiger partial charge is 0.394 e. The maximum atomic E-state index is 10.5. The van der Waals surface area contributed by atoms with Crippen LogP contribution in [-0.2, 0) is 25.6 Å². The van der Waals surface area contributed by atoms with E-state index in [-0.39, 0.29) is 6.61 Å². The molecule has 1 aliphatic heterocycles. The van der Waals surface area contributed by atoms with Crippen molar-refractivity contribution in [3.05, 3.63) is 69.8 Å². The quantitative estimate of drug-likeness (QED) is 0.669. The molecule has 170 valence electrons. The van der Waals surface area contributed by atoms with Crippen molar-refractivity contribution < 1.29 is 29.2 Å². The molecule has 1 heterocycles. The minimum absolute atomic E-state index is 0.286. The summed E-state index contributed by atoms with van der Waals surface area (Å²) in [5.41, 5.74) is 6.61. The Morgan fingerprint density at radius 1 is 1.00 bits per heavy atom. The second-order valence-corrected chi connectivity index (χ2v) is 8.33. The van der Waals surface area contributed by atoms with Crippen LogP contribution in [0.4, 0.5) is 0 Å². The van der Waals surface area contributed by atoms with E-state index in [9.17, 15) is 10.2 Å². The van der Waals surface area contributed by atoms with Gasteiger partial charge in [-0.1, -0.05) is 36.4 Å². The highest BCUT2D eigenvalue weighted by molar-refractivity contribution is 5.31. The molecule has 5 unspecified atom stereocenters. The van der Waals surface area contributed by atoms with Crippen molar-refractivity contribution in [2.75, 3.05) is 20.3 Å². The number of aliphatic hydroxyl groups is 2. The van der Waals surface area contributed by atoms with E-state index in [2.05, 4.69) is 26.8 Å². The molecule has 0 bridgehead atoms. The first-order chi connectivity index (χ1) is 14.8. The summed E-state index contributed by atoms with van der Waals surface area (Å²) in [4.78, 5) is 0. The lowest BCUT2D eigenvalue weighted by Gasteiger charge is -2.41. The lowest BCUT2D eigenvalue weighted by molar-refractivity contribution is -0.294. The molecule has 6 nitrogen and oxygen atoms in total. The summed E-state index contributed by atoms with van der Waals surface area (Å²) < 4.78 is 23.8. The smallest absolute Gasteiger partial charge is 0.184 e. The van der Waals surface area contributed by atoms with Gasteiger partial charge < -0.3 is 29.2 Å². The van der Waals surface area contributed by atoms with Crippen LogP contribution >= 0.6 is 0 Å². The van der Waals surface area contributed by atoms with Gasteiger partial charge in [0.05, 0.1) is 19.8 Å². The highest BCUT2D eigenvalue weighted by Gasteiger charge is 2.42. The van der Waals surface area contributed by atoms with Crippen molar-refractivity contribution in [1.82, 2.24) is 0 Å². The van der Waals surface area contributed by atoms with Crippen LogP contribution in [0.2, 0.25) is 0 Å². The van der Waals surface area contributed by atoms with E-state index in [1.807, 2.05) is 37.3 Å². The van der Waals surface area contributed by atoms with Gasteiger partial charge in [-0.15, -0.1) is 0 Å². The van der Waals surface area contributed by atoms with Gasteiger partial charge in [-0.3, -0.25) is 0 Å². The van der Waals surface area contributed by atoms with Crippen LogP contribution in [0.5, 0.6) is 0 Å². The highest BCUT2D eigenvalue weighted by atomic mass is 16.7. The zero-order valence-corrected chi connectivity index (χ0v) is 19.0. The fourth-order valence-electron chi connectivity index (χ4n) is 3.74. The molecular weight excluding hydrogens is 396 g/mol. The Kier molecular flexibility index (Phi) is 8.22. The van der Waals surface area contributed by atoms with Crippen molar-refractivity contribution in [2.24, 2.45) is 0 Å². The molecule has 2 N–H and O–H groups in total. The number of methoxy groups -OCH3 is 1. The first kappa shape index (κ1) is 23.9. The molecule has 3 rings (SSSR count). The van der Waals surface area contributed by atoms with E-state index < -0.39 is 37.3 Å². The predicted octanol–water partition coefficient (Wildman–Crippen LogP) is 3.29. The molecule has 0 saturated carbocycles. The van der Waals surface area contributed by atoms with E-state index in [4.69, 9.17) is 18.9 Å². The number of hydrogen-bond donors (Lipinski definition) is 2. The molecule has 0 aliphatic carbocycles. The normalized spacial score (nSPS) is 23.5. The minimum Gasteiger partial charge on any atom is -0.394 e. The first-order valence-electron chi connectivity index (χ1n) is 10.7. The third-order valence-corrected chi connectivity index (χ3v) is 6.07. The molecule has 1 saturated heterocycles. The van der Waals surface area contributed by atoms with Crippen LogP contribution in [0, 0.1) is 27.7 Å². The summed E-state index contributed by atoms with van der Waals surface area (Å²) in [6, 6.07) is 12.2. The molecular formula is C25H34O6. The molecule has 31 heavy (non-hydrogen) atoms. The predicted molar refractivity (Wildman–Crippen MR) is 118 cm³/mol. The van der Waals surface area contributed by atoms with E-state index in [0.717, 1.165) is 16.7 Å². The number of hydrogen-bond acceptors (Lipinski definition) is 6. The molecule has 1 fully saturated rings. The standard InChI is InChI=1S/C25H34O6/c1-15-6-8-19(10-17(15)3)13-29-23(21(27)12-26)24-22(28-5)14-30-25(31-24)20-9-7-16(2)18(4)11-20/h6-11,21-27H,12-14H2,1-5H3. The van der Waals surface area contributed by atoms with Gasteiger partial charge in [0.15, 0.2) is 6.29 Å². The SMILES string of the molecule is COC1COC(c2ccc(C)c(C)c2)OC1C(OCc1ccc(C)c(C)c1)C(O)CO. The number of benzene rings is 2. The minimum atomic E-state index is -1.12. The average molecular weight is 431 g/mol. The van der Waals surface area contributed by atoms with E-state index >= 15 is 0 Å². The van der Waals surface area contributed by atoms with E-state index in [1.165, 1.54) is 16.7 Å². The molecule has 1 aliphatic rings. The number of ether oxygens (including phenoxy) is 4. The maximum absolute atomic E-state index is 10.5. The second-order valence-electron chi connectivity index (χ2n) is 8.33. The van der Waals surface area contributed by atoms with Crippen LogP contribution in [-0.4, -0.2) is 55.0 Å². The molecule has 0 aromatic heterocycles. The van der Waals surface area contributed by atoms with Gasteiger partial charge in [0.1, 0.15) is 24.4 Å². The van der Waals surface area contributed by atoms with Crippen LogP contribution in [0.15, 0.2) is 36.4 Å².